The van der Waals surface area contributed by atoms with E-state index >= 15 is 0 Å². The molecule has 4 rings (SSSR count). The molecule has 0 spiro atoms. The molecular formula is C29H25FN4O4. The summed E-state index contributed by atoms with van der Waals surface area (Å²) >= 11 is 0. The normalized spacial score (nSPS) is 15.8. The summed E-state index contributed by atoms with van der Waals surface area (Å²) in [6.45, 7) is 0.597. The summed E-state index contributed by atoms with van der Waals surface area (Å²) in [5.41, 5.74) is 1.67. The fourth-order valence-electron chi connectivity index (χ4n) is 4.53. The minimum absolute atomic E-state index is 0.0394. The van der Waals surface area contributed by atoms with Crippen molar-refractivity contribution in [3.63, 3.8) is 0 Å². The Labute approximate surface area is 218 Å². The second-order valence-corrected chi connectivity index (χ2v) is 8.96. The van der Waals surface area contributed by atoms with Crippen molar-refractivity contribution < 1.29 is 23.6 Å². The van der Waals surface area contributed by atoms with Gasteiger partial charge in [-0.15, -0.1) is 0 Å². The topological polar surface area (TPSA) is 117 Å². The minimum Gasteiger partial charge on any atom is -0.379 e. The Morgan fingerprint density at radius 1 is 1.11 bits per heavy atom. The van der Waals surface area contributed by atoms with E-state index in [2.05, 4.69) is 20.9 Å². The van der Waals surface area contributed by atoms with Gasteiger partial charge in [0.25, 0.3) is 5.91 Å². The molecular weight excluding hydrogens is 487 g/mol. The predicted molar refractivity (Wildman–Crippen MR) is 139 cm³/mol. The van der Waals surface area contributed by atoms with Gasteiger partial charge in [0, 0.05) is 23.9 Å². The highest BCUT2D eigenvalue weighted by molar-refractivity contribution is 5.95. The number of aromatic nitrogens is 1. The summed E-state index contributed by atoms with van der Waals surface area (Å²) in [6.07, 6.45) is 2.25. The van der Waals surface area contributed by atoms with Crippen LogP contribution in [0.3, 0.4) is 0 Å². The van der Waals surface area contributed by atoms with E-state index in [4.69, 9.17) is 0 Å². The van der Waals surface area contributed by atoms with Crippen molar-refractivity contribution in [2.75, 3.05) is 6.54 Å². The standard InChI is InChI=1S/C29H25FN4O4/c30-22-6-3-4-19(14-22)15-26(34-29(38)25-9-8-20-5-1-2-7-24(20)33-25)28(18-37)32-23(11-13-35)16-21-10-12-31-27(21)17-36/h1-9,11,14,21,23,26,31-32H,10,12,15-16H2,(H,34,38)/t21-,23?,26?/m0/s1. The van der Waals surface area contributed by atoms with Crippen LogP contribution in [0.25, 0.3) is 10.9 Å². The van der Waals surface area contributed by atoms with Crippen LogP contribution in [0.1, 0.15) is 28.9 Å². The number of allylic oxidation sites excluding steroid dienone is 1. The highest BCUT2D eigenvalue weighted by Crippen LogP contribution is 2.23. The molecule has 2 unspecified atom stereocenters. The first kappa shape index (κ1) is 26.3. The third-order valence-electron chi connectivity index (χ3n) is 6.40. The number of fused-ring (bicyclic) bond motifs is 1. The smallest absolute Gasteiger partial charge is 0.270 e. The Hall–Kier alpha value is -4.80. The van der Waals surface area contributed by atoms with Gasteiger partial charge in [-0.25, -0.2) is 23.8 Å². The SMILES string of the molecule is O=C=CC(C[C@@H]1CCNC1=C=O)NC(=C=O)C(Cc1cccc(F)c1)NC(=O)c1ccc2ccccc2n1. The molecule has 9 heteroatoms. The predicted octanol–water partition coefficient (Wildman–Crippen LogP) is 2.49. The third kappa shape index (κ3) is 6.49. The lowest BCUT2D eigenvalue weighted by Gasteiger charge is -2.25. The molecule has 0 saturated carbocycles. The average Bonchev–Trinajstić information content (AvgIpc) is 3.38. The van der Waals surface area contributed by atoms with Crippen LogP contribution in [0.15, 0.2) is 78.1 Å². The number of benzene rings is 2. The Morgan fingerprint density at radius 2 is 1.95 bits per heavy atom. The Kier molecular flexibility index (Phi) is 8.60. The van der Waals surface area contributed by atoms with Crippen molar-refractivity contribution in [2.24, 2.45) is 5.92 Å². The van der Waals surface area contributed by atoms with Crippen molar-refractivity contribution in [3.8, 4) is 0 Å². The second kappa shape index (κ2) is 12.4. The maximum absolute atomic E-state index is 13.9. The number of amides is 1. The maximum Gasteiger partial charge on any atom is 0.270 e. The first-order chi connectivity index (χ1) is 18.5. The number of para-hydroxylation sites is 1. The average molecular weight is 513 g/mol. The zero-order valence-electron chi connectivity index (χ0n) is 20.4. The van der Waals surface area contributed by atoms with Crippen LogP contribution in [-0.2, 0) is 20.8 Å². The van der Waals surface area contributed by atoms with Gasteiger partial charge in [0.2, 0.25) is 0 Å². The van der Waals surface area contributed by atoms with Crippen molar-refractivity contribution in [1.29, 1.82) is 0 Å². The molecule has 1 saturated heterocycles. The van der Waals surface area contributed by atoms with E-state index in [1.54, 1.807) is 30.2 Å². The van der Waals surface area contributed by atoms with Gasteiger partial charge in [0.05, 0.1) is 23.3 Å². The Morgan fingerprint density at radius 3 is 2.71 bits per heavy atom. The van der Waals surface area contributed by atoms with E-state index in [-0.39, 0.29) is 23.7 Å². The van der Waals surface area contributed by atoms with Crippen LogP contribution < -0.4 is 16.0 Å². The second-order valence-electron chi connectivity index (χ2n) is 8.96. The zero-order valence-corrected chi connectivity index (χ0v) is 20.4. The first-order valence-corrected chi connectivity index (χ1v) is 12.1. The molecule has 3 atom stereocenters. The molecule has 1 aliphatic heterocycles. The monoisotopic (exact) mass is 512 g/mol. The molecule has 2 heterocycles. The third-order valence-corrected chi connectivity index (χ3v) is 6.40. The van der Waals surface area contributed by atoms with Gasteiger partial charge in [-0.3, -0.25) is 4.79 Å². The van der Waals surface area contributed by atoms with E-state index < -0.39 is 23.8 Å². The van der Waals surface area contributed by atoms with E-state index in [9.17, 15) is 23.6 Å². The molecule has 3 aromatic rings. The largest absolute Gasteiger partial charge is 0.379 e. The summed E-state index contributed by atoms with van der Waals surface area (Å²) in [6, 6.07) is 14.9. The van der Waals surface area contributed by atoms with Crippen molar-refractivity contribution in [2.45, 2.75) is 31.3 Å². The molecule has 1 aromatic heterocycles. The van der Waals surface area contributed by atoms with Gasteiger partial charge < -0.3 is 16.0 Å². The van der Waals surface area contributed by atoms with E-state index in [1.807, 2.05) is 30.1 Å². The van der Waals surface area contributed by atoms with Gasteiger partial charge in [-0.1, -0.05) is 36.4 Å². The number of rotatable bonds is 10. The van der Waals surface area contributed by atoms with Gasteiger partial charge in [0.15, 0.2) is 0 Å². The lowest BCUT2D eigenvalue weighted by Crippen LogP contribution is -2.45. The molecule has 1 fully saturated rings. The lowest BCUT2D eigenvalue weighted by molar-refractivity contribution is 0.0936. The molecule has 0 aliphatic carbocycles. The van der Waals surface area contributed by atoms with Gasteiger partial charge in [0.1, 0.15) is 35.0 Å². The number of carbonyl (C=O) groups is 1. The van der Waals surface area contributed by atoms with Crippen LogP contribution >= 0.6 is 0 Å². The fraction of sp³-hybridized carbons (Fsp3) is 0.241. The van der Waals surface area contributed by atoms with Crippen LogP contribution in [0, 0.1) is 11.7 Å². The number of nitrogens with zero attached hydrogens (tertiary/aromatic N) is 1. The molecule has 0 radical (unpaired) electrons. The van der Waals surface area contributed by atoms with E-state index in [0.29, 0.717) is 36.2 Å². The van der Waals surface area contributed by atoms with Crippen LogP contribution in [-0.4, -0.2) is 47.3 Å². The van der Waals surface area contributed by atoms with Gasteiger partial charge in [-0.05, 0) is 49.1 Å². The van der Waals surface area contributed by atoms with E-state index in [1.165, 1.54) is 24.3 Å². The zero-order chi connectivity index (χ0) is 26.9. The highest BCUT2D eigenvalue weighted by atomic mass is 19.1. The highest BCUT2D eigenvalue weighted by Gasteiger charge is 2.27. The summed E-state index contributed by atoms with van der Waals surface area (Å²) in [4.78, 5) is 52.2. The number of pyridine rings is 1. The van der Waals surface area contributed by atoms with Gasteiger partial charge in [-0.2, -0.15) is 0 Å². The molecule has 2 aromatic carbocycles. The molecule has 1 amide bonds. The molecule has 8 nitrogen and oxygen atoms in total. The molecule has 38 heavy (non-hydrogen) atoms. The fourth-order valence-corrected chi connectivity index (χ4v) is 4.53. The summed E-state index contributed by atoms with van der Waals surface area (Å²) in [5.74, 6) is 4.25. The summed E-state index contributed by atoms with van der Waals surface area (Å²) in [7, 11) is 0. The number of hydrogen-bond donors (Lipinski definition) is 3. The number of halogens is 1. The molecule has 1 aliphatic rings. The number of nitrogens with one attached hydrogen (secondary N) is 3. The maximum atomic E-state index is 13.9. The van der Waals surface area contributed by atoms with E-state index in [0.717, 1.165) is 5.39 Å². The van der Waals surface area contributed by atoms with Crippen LogP contribution in [0.5, 0.6) is 0 Å². The number of carbonyl (C=O) groups excluding carboxylic acids is 4. The van der Waals surface area contributed by atoms with Crippen molar-refractivity contribution in [3.05, 3.63) is 95.2 Å². The minimum atomic E-state index is -0.944. The summed E-state index contributed by atoms with van der Waals surface area (Å²) in [5, 5.41) is 9.60. The van der Waals surface area contributed by atoms with Crippen LogP contribution in [0.4, 0.5) is 4.39 Å². The van der Waals surface area contributed by atoms with Crippen molar-refractivity contribution >= 4 is 34.6 Å². The lowest BCUT2D eigenvalue weighted by atomic mass is 9.95. The molecule has 3 N–H and O–H groups in total. The first-order valence-electron chi connectivity index (χ1n) is 12.1. The van der Waals surface area contributed by atoms with Gasteiger partial charge >= 0.3 is 0 Å². The summed E-state index contributed by atoms with van der Waals surface area (Å²) < 4.78 is 13.9. The Bertz CT molecular complexity index is 1490. The molecule has 192 valence electrons. The Balaban J connectivity index is 1.60. The van der Waals surface area contributed by atoms with Crippen LogP contribution in [0.2, 0.25) is 0 Å². The quantitative estimate of drug-likeness (QED) is 0.357. The van der Waals surface area contributed by atoms with Crippen molar-refractivity contribution in [1.82, 2.24) is 20.9 Å². The molecule has 0 bridgehead atoms. The number of hydrogen-bond acceptors (Lipinski definition) is 7.